The predicted octanol–water partition coefficient (Wildman–Crippen LogP) is 2.62. The van der Waals surface area contributed by atoms with Crippen molar-refractivity contribution in [3.05, 3.63) is 41.7 Å². The first kappa shape index (κ1) is 21.4. The molecule has 1 fully saturated rings. The summed E-state index contributed by atoms with van der Waals surface area (Å²) in [6, 6.07) is 10.6. The second-order valence-corrected chi connectivity index (χ2v) is 9.04. The van der Waals surface area contributed by atoms with Crippen molar-refractivity contribution in [3.8, 4) is 0 Å². The Morgan fingerprint density at radius 3 is 2.55 bits per heavy atom. The van der Waals surface area contributed by atoms with Gasteiger partial charge < -0.3 is 15.5 Å². The zero-order chi connectivity index (χ0) is 20.8. The Labute approximate surface area is 177 Å². The minimum atomic E-state index is -0.138. The first-order valence-corrected chi connectivity index (χ1v) is 11.1. The molecule has 1 aromatic carbocycles. The van der Waals surface area contributed by atoms with E-state index >= 15 is 0 Å². The molecule has 0 aliphatic carbocycles. The number of benzene rings is 1. The van der Waals surface area contributed by atoms with Crippen LogP contribution in [0.3, 0.4) is 0 Å². The van der Waals surface area contributed by atoms with Gasteiger partial charge >= 0.3 is 0 Å². The smallest absolute Gasteiger partial charge is 0.235 e. The van der Waals surface area contributed by atoms with Crippen LogP contribution in [0.15, 0.2) is 30.3 Å². The number of hydrogen-bond donors (Lipinski definition) is 1. The van der Waals surface area contributed by atoms with Gasteiger partial charge in [-0.15, -0.1) is 11.8 Å². The highest BCUT2D eigenvalue weighted by Crippen LogP contribution is 2.25. The zero-order valence-electron chi connectivity index (χ0n) is 17.4. The van der Waals surface area contributed by atoms with Gasteiger partial charge in [0.1, 0.15) is 5.82 Å². The van der Waals surface area contributed by atoms with Crippen molar-refractivity contribution in [3.63, 3.8) is 0 Å². The van der Waals surface area contributed by atoms with Gasteiger partial charge in [0.25, 0.3) is 0 Å². The summed E-state index contributed by atoms with van der Waals surface area (Å²) < 4.78 is 0. The summed E-state index contributed by atoms with van der Waals surface area (Å²) in [7, 11) is 3.72. The fourth-order valence-corrected chi connectivity index (χ4v) is 4.34. The molecule has 1 amide bonds. The molecule has 0 bridgehead atoms. The molecule has 1 saturated heterocycles. The molecule has 1 aliphatic rings. The molecule has 8 heteroatoms. The van der Waals surface area contributed by atoms with Gasteiger partial charge in [-0.2, -0.15) is 15.0 Å². The van der Waals surface area contributed by atoms with Crippen molar-refractivity contribution in [2.75, 3.05) is 37.8 Å². The summed E-state index contributed by atoms with van der Waals surface area (Å²) in [5, 5.41) is -0.138. The van der Waals surface area contributed by atoms with Gasteiger partial charge in [0, 0.05) is 27.2 Å². The number of piperidine rings is 1. The molecular weight excluding hydrogens is 384 g/mol. The number of carbonyl (C=O) groups is 1. The lowest BCUT2D eigenvalue weighted by Gasteiger charge is -2.33. The average molecular weight is 415 g/mol. The summed E-state index contributed by atoms with van der Waals surface area (Å²) in [5.74, 6) is 2.73. The Bertz CT molecular complexity index is 808. The third-order valence-electron chi connectivity index (χ3n) is 5.19. The van der Waals surface area contributed by atoms with Crippen LogP contribution < -0.4 is 10.6 Å². The quantitative estimate of drug-likeness (QED) is 0.745. The number of anilines is 2. The molecule has 1 aliphatic heterocycles. The minimum absolute atomic E-state index is 0.138. The van der Waals surface area contributed by atoms with E-state index in [1.165, 1.54) is 5.56 Å². The van der Waals surface area contributed by atoms with Crippen LogP contribution >= 0.6 is 11.8 Å². The van der Waals surface area contributed by atoms with Crippen LogP contribution in [0.2, 0.25) is 0 Å². The van der Waals surface area contributed by atoms with E-state index < -0.39 is 0 Å². The first-order chi connectivity index (χ1) is 13.9. The molecule has 7 nitrogen and oxygen atoms in total. The van der Waals surface area contributed by atoms with E-state index in [0.29, 0.717) is 23.4 Å². The molecule has 3 rings (SSSR count). The SMILES string of the molecule is C[C@@H](SCc1nc(N)nc(N(C)C)n1)C(=O)N1CCC(Cc2ccccc2)CC1. The second-order valence-electron chi connectivity index (χ2n) is 7.72. The van der Waals surface area contributed by atoms with E-state index in [9.17, 15) is 4.79 Å². The number of likely N-dealkylation sites (tertiary alicyclic amines) is 1. The van der Waals surface area contributed by atoms with Crippen molar-refractivity contribution >= 4 is 29.6 Å². The number of rotatable bonds is 7. The fourth-order valence-electron chi connectivity index (χ4n) is 3.52. The van der Waals surface area contributed by atoms with Crippen molar-refractivity contribution in [2.24, 2.45) is 5.92 Å². The van der Waals surface area contributed by atoms with Crippen LogP contribution in [0.4, 0.5) is 11.9 Å². The van der Waals surface area contributed by atoms with Gasteiger partial charge in [-0.05, 0) is 37.7 Å². The highest BCUT2D eigenvalue weighted by Gasteiger charge is 2.26. The maximum absolute atomic E-state index is 12.8. The molecule has 0 spiro atoms. The molecule has 2 aromatic rings. The molecule has 0 radical (unpaired) electrons. The number of carbonyl (C=O) groups excluding carboxylic acids is 1. The second kappa shape index (κ2) is 9.91. The lowest BCUT2D eigenvalue weighted by Crippen LogP contribution is -2.42. The molecular formula is C21H30N6OS. The van der Waals surface area contributed by atoms with Gasteiger partial charge in [-0.1, -0.05) is 30.3 Å². The monoisotopic (exact) mass is 414 g/mol. The summed E-state index contributed by atoms with van der Waals surface area (Å²) in [6.45, 7) is 3.63. The van der Waals surface area contributed by atoms with Crippen LogP contribution in [0.1, 0.15) is 31.2 Å². The van der Waals surface area contributed by atoms with Gasteiger partial charge in [-0.3, -0.25) is 4.79 Å². The van der Waals surface area contributed by atoms with Crippen molar-refractivity contribution in [1.82, 2.24) is 19.9 Å². The summed E-state index contributed by atoms with van der Waals surface area (Å²) >= 11 is 1.55. The predicted molar refractivity (Wildman–Crippen MR) is 119 cm³/mol. The van der Waals surface area contributed by atoms with Gasteiger partial charge in [0.2, 0.25) is 17.8 Å². The van der Waals surface area contributed by atoms with Crippen LogP contribution in [-0.4, -0.2) is 58.2 Å². The molecule has 0 unspecified atom stereocenters. The van der Waals surface area contributed by atoms with Crippen LogP contribution in [0, 0.1) is 5.92 Å². The normalized spacial score (nSPS) is 15.9. The Morgan fingerprint density at radius 2 is 1.90 bits per heavy atom. The van der Waals surface area contributed by atoms with Crippen molar-refractivity contribution < 1.29 is 4.79 Å². The van der Waals surface area contributed by atoms with E-state index in [-0.39, 0.29) is 17.1 Å². The third kappa shape index (κ3) is 6.06. The largest absolute Gasteiger partial charge is 0.368 e. The van der Waals surface area contributed by atoms with Crippen LogP contribution in [0.5, 0.6) is 0 Å². The van der Waals surface area contributed by atoms with Crippen molar-refractivity contribution in [2.45, 2.75) is 37.2 Å². The number of nitrogens with zero attached hydrogens (tertiary/aromatic N) is 5. The van der Waals surface area contributed by atoms with Gasteiger partial charge in [0.15, 0.2) is 0 Å². The Hall–Kier alpha value is -2.35. The highest BCUT2D eigenvalue weighted by atomic mass is 32.2. The molecule has 0 saturated carbocycles. The Balaban J connectivity index is 1.47. The van der Waals surface area contributed by atoms with E-state index in [1.54, 1.807) is 16.7 Å². The lowest BCUT2D eigenvalue weighted by molar-refractivity contribution is -0.131. The summed E-state index contributed by atoms with van der Waals surface area (Å²) in [4.78, 5) is 29.3. The maximum atomic E-state index is 12.8. The van der Waals surface area contributed by atoms with Crippen molar-refractivity contribution in [1.29, 1.82) is 0 Å². The number of amides is 1. The molecule has 1 atom stereocenters. The van der Waals surface area contributed by atoms with E-state index in [1.807, 2.05) is 25.9 Å². The Morgan fingerprint density at radius 1 is 1.21 bits per heavy atom. The topological polar surface area (TPSA) is 88.2 Å². The number of thioether (sulfide) groups is 1. The van der Waals surface area contributed by atoms with E-state index in [2.05, 4.69) is 45.3 Å². The molecule has 1 aromatic heterocycles. The molecule has 29 heavy (non-hydrogen) atoms. The fraction of sp³-hybridized carbons (Fsp3) is 0.524. The van der Waals surface area contributed by atoms with Crippen LogP contribution in [0.25, 0.3) is 0 Å². The number of nitrogens with two attached hydrogens (primary N) is 1. The number of nitrogen functional groups attached to an aromatic ring is 1. The lowest BCUT2D eigenvalue weighted by atomic mass is 9.90. The average Bonchev–Trinajstić information content (AvgIpc) is 2.72. The first-order valence-electron chi connectivity index (χ1n) is 10.0. The zero-order valence-corrected chi connectivity index (χ0v) is 18.2. The maximum Gasteiger partial charge on any atom is 0.235 e. The molecule has 156 valence electrons. The number of aromatic nitrogens is 3. The summed E-state index contributed by atoms with van der Waals surface area (Å²) in [5.41, 5.74) is 7.16. The van der Waals surface area contributed by atoms with Crippen LogP contribution in [-0.2, 0) is 17.0 Å². The van der Waals surface area contributed by atoms with Gasteiger partial charge in [-0.25, -0.2) is 0 Å². The van der Waals surface area contributed by atoms with E-state index in [4.69, 9.17) is 5.73 Å². The van der Waals surface area contributed by atoms with Gasteiger partial charge in [0.05, 0.1) is 11.0 Å². The highest BCUT2D eigenvalue weighted by molar-refractivity contribution is 7.99. The molecule has 2 heterocycles. The summed E-state index contributed by atoms with van der Waals surface area (Å²) in [6.07, 6.45) is 3.23. The molecule has 2 N–H and O–H groups in total. The van der Waals surface area contributed by atoms with E-state index in [0.717, 1.165) is 32.4 Å². The third-order valence-corrected chi connectivity index (χ3v) is 6.32. The minimum Gasteiger partial charge on any atom is -0.368 e. The Kier molecular flexibility index (Phi) is 7.30. The number of hydrogen-bond acceptors (Lipinski definition) is 7. The standard InChI is InChI=1S/C21H30N6OS/c1-15(29-14-18-23-20(22)25-21(24-18)26(2)3)19(28)27-11-9-17(10-12-27)13-16-7-5-4-6-8-16/h4-8,15,17H,9-14H2,1-3H3,(H2,22,23,24,25)/t15-/m1/s1.